The van der Waals surface area contributed by atoms with Crippen LogP contribution in [0.25, 0.3) is 88.7 Å². The van der Waals surface area contributed by atoms with E-state index in [1.54, 1.807) is 0 Å². The molecule has 0 N–H and O–H groups in total. The van der Waals surface area contributed by atoms with Crippen LogP contribution in [0.2, 0.25) is 0 Å². The van der Waals surface area contributed by atoms with Crippen molar-refractivity contribution < 1.29 is 0 Å². The Balaban J connectivity index is 1.13. The molecule has 55 heavy (non-hydrogen) atoms. The minimum atomic E-state index is 0.649. The third-order valence-electron chi connectivity index (χ3n) is 12.1. The zero-order valence-corrected chi connectivity index (χ0v) is 32.5. The van der Waals surface area contributed by atoms with Crippen LogP contribution >= 0.6 is 0 Å². The van der Waals surface area contributed by atoms with Gasteiger partial charge in [-0.1, -0.05) is 131 Å². The summed E-state index contributed by atoms with van der Waals surface area (Å²) in [6, 6.07) is 47.3. The third kappa shape index (κ3) is 6.01. The van der Waals surface area contributed by atoms with Gasteiger partial charge in [0.05, 0.1) is 0 Å². The molecule has 1 heterocycles. The Kier molecular flexibility index (Phi) is 8.65. The van der Waals surface area contributed by atoms with Crippen molar-refractivity contribution in [1.29, 1.82) is 0 Å². The molecule has 3 nitrogen and oxygen atoms in total. The van der Waals surface area contributed by atoms with Gasteiger partial charge in [-0.2, -0.15) is 0 Å². The lowest BCUT2D eigenvalue weighted by atomic mass is 9.59. The van der Waals surface area contributed by atoms with Crippen molar-refractivity contribution >= 4 is 125 Å². The van der Waals surface area contributed by atoms with E-state index in [-0.39, 0.29) is 0 Å². The lowest BCUT2D eigenvalue weighted by Crippen LogP contribution is -2.52. The first-order chi connectivity index (χ1) is 26.7. The predicted octanol–water partition coefficient (Wildman–Crippen LogP) is -0.525. The van der Waals surface area contributed by atoms with Gasteiger partial charge in [-0.15, -0.1) is 16.4 Å². The third-order valence-corrected chi connectivity index (χ3v) is 12.1. The number of hydrogen-bond donors (Lipinski definition) is 0. The first-order valence-electron chi connectivity index (χ1n) is 19.1. The van der Waals surface area contributed by atoms with E-state index in [0.29, 0.717) is 17.5 Å². The fraction of sp³-hybridized carbons (Fsp3) is 0. The average Bonchev–Trinajstić information content (AvgIpc) is 3.23. The maximum absolute atomic E-state index is 5.07. The summed E-state index contributed by atoms with van der Waals surface area (Å²) in [5, 5.41) is 7.58. The van der Waals surface area contributed by atoms with Crippen molar-refractivity contribution in [2.45, 2.75) is 0 Å². The van der Waals surface area contributed by atoms with E-state index in [2.05, 4.69) is 158 Å². The quantitative estimate of drug-likeness (QED) is 0.228. The first-order valence-corrected chi connectivity index (χ1v) is 19.1. The van der Waals surface area contributed by atoms with Crippen molar-refractivity contribution in [3.8, 4) is 56.4 Å². The maximum Gasteiger partial charge on any atom is 0.164 e. The number of benzene rings is 8. The summed E-state index contributed by atoms with van der Waals surface area (Å²) in [4.78, 5) is 15.1. The summed E-state index contributed by atoms with van der Waals surface area (Å²) < 4.78 is 0. The van der Waals surface area contributed by atoms with Crippen LogP contribution < -0.4 is 38.2 Å². The van der Waals surface area contributed by atoms with E-state index >= 15 is 0 Å². The lowest BCUT2D eigenvalue weighted by molar-refractivity contribution is 1.07. The molecule has 0 aliphatic rings. The zero-order chi connectivity index (χ0) is 38.0. The van der Waals surface area contributed by atoms with Crippen molar-refractivity contribution in [3.63, 3.8) is 0 Å². The standard InChI is InChI=1S/C45H36B7N3/c46-36-33(34-35(38(48)40(36)50)39(49)42(52)41(51)37(34)47)30-17-16-28-19-27(14-15-29(28)20-30)26-11-6-12-31(22-26)44-53-43(24-8-2-1-3-9-24)54-45(55-44)32-18-13-23-7-4-5-10-25(23)21-32/h1-22H,46-52H2. The molecule has 0 bridgehead atoms. The fourth-order valence-electron chi connectivity index (χ4n) is 8.40. The Morgan fingerprint density at radius 2 is 0.691 bits per heavy atom. The Bertz CT molecular complexity index is 3010. The van der Waals surface area contributed by atoms with Crippen LogP contribution in [0.4, 0.5) is 0 Å². The molecule has 9 rings (SSSR count). The zero-order valence-electron chi connectivity index (χ0n) is 32.5. The molecule has 10 heteroatoms. The number of fused-ring (bicyclic) bond motifs is 3. The summed E-state index contributed by atoms with van der Waals surface area (Å²) in [6.07, 6.45) is 0. The van der Waals surface area contributed by atoms with Crippen LogP contribution in [-0.4, -0.2) is 69.9 Å². The molecule has 0 spiro atoms. The number of rotatable bonds is 5. The van der Waals surface area contributed by atoms with Crippen LogP contribution in [0.15, 0.2) is 133 Å². The molecule has 0 fully saturated rings. The van der Waals surface area contributed by atoms with Crippen LogP contribution in [-0.2, 0) is 0 Å². The van der Waals surface area contributed by atoms with Gasteiger partial charge in [-0.05, 0) is 78.8 Å². The molecular formula is C45H36B7N3. The van der Waals surface area contributed by atoms with E-state index in [4.69, 9.17) is 15.0 Å². The van der Waals surface area contributed by atoms with Gasteiger partial charge >= 0.3 is 0 Å². The largest absolute Gasteiger partial charge is 0.208 e. The van der Waals surface area contributed by atoms with Gasteiger partial charge in [0, 0.05) is 16.7 Å². The smallest absolute Gasteiger partial charge is 0.164 e. The number of hydrogen-bond acceptors (Lipinski definition) is 3. The van der Waals surface area contributed by atoms with E-state index in [9.17, 15) is 0 Å². The second-order valence-electron chi connectivity index (χ2n) is 15.1. The van der Waals surface area contributed by atoms with Crippen molar-refractivity contribution in [3.05, 3.63) is 133 Å². The summed E-state index contributed by atoms with van der Waals surface area (Å²) >= 11 is 0. The fourth-order valence-corrected chi connectivity index (χ4v) is 8.40. The Hall–Kier alpha value is -6.00. The monoisotopic (exact) mass is 695 g/mol. The molecule has 252 valence electrons. The number of aromatic nitrogens is 3. The maximum atomic E-state index is 5.07. The van der Waals surface area contributed by atoms with E-state index in [0.717, 1.165) is 33.2 Å². The second-order valence-corrected chi connectivity index (χ2v) is 15.1. The predicted molar refractivity (Wildman–Crippen MR) is 257 cm³/mol. The summed E-state index contributed by atoms with van der Waals surface area (Å²) in [5.41, 5.74) is 17.5. The van der Waals surface area contributed by atoms with Crippen molar-refractivity contribution in [1.82, 2.24) is 15.0 Å². The van der Waals surface area contributed by atoms with Gasteiger partial charge in [0.15, 0.2) is 17.5 Å². The van der Waals surface area contributed by atoms with Gasteiger partial charge < -0.3 is 0 Å². The number of nitrogens with zero attached hydrogens (tertiary/aromatic N) is 3. The highest BCUT2D eigenvalue weighted by molar-refractivity contribution is 6.71. The van der Waals surface area contributed by atoms with Crippen LogP contribution in [0.1, 0.15) is 0 Å². The summed E-state index contributed by atoms with van der Waals surface area (Å²) in [6.45, 7) is 0. The minimum absolute atomic E-state index is 0.649. The van der Waals surface area contributed by atoms with E-state index in [1.165, 1.54) is 76.3 Å². The topological polar surface area (TPSA) is 38.7 Å². The molecule has 0 saturated carbocycles. The first kappa shape index (κ1) is 34.8. The molecule has 8 aromatic carbocycles. The summed E-state index contributed by atoms with van der Waals surface area (Å²) in [5.74, 6) is 1.96. The van der Waals surface area contributed by atoms with E-state index in [1.807, 2.05) is 30.3 Å². The molecule has 0 aliphatic heterocycles. The van der Waals surface area contributed by atoms with Crippen LogP contribution in [0.5, 0.6) is 0 Å². The van der Waals surface area contributed by atoms with Crippen molar-refractivity contribution in [2.24, 2.45) is 0 Å². The van der Waals surface area contributed by atoms with E-state index < -0.39 is 0 Å². The normalized spacial score (nSPS) is 11.4. The summed E-state index contributed by atoms with van der Waals surface area (Å²) in [7, 11) is 16.0. The molecular weight excluding hydrogens is 658 g/mol. The van der Waals surface area contributed by atoms with Crippen LogP contribution in [0, 0.1) is 0 Å². The molecule has 0 unspecified atom stereocenters. The molecule has 0 radical (unpaired) electrons. The van der Waals surface area contributed by atoms with Crippen molar-refractivity contribution in [2.75, 3.05) is 0 Å². The molecule has 0 aliphatic carbocycles. The molecule has 0 atom stereocenters. The second kappa shape index (κ2) is 13.7. The highest BCUT2D eigenvalue weighted by atomic mass is 15.0. The van der Waals surface area contributed by atoms with Gasteiger partial charge in [0.25, 0.3) is 0 Å². The lowest BCUT2D eigenvalue weighted by Gasteiger charge is -2.25. The van der Waals surface area contributed by atoms with Crippen LogP contribution in [0.3, 0.4) is 0 Å². The molecule has 0 saturated heterocycles. The Morgan fingerprint density at radius 1 is 0.273 bits per heavy atom. The molecule has 1 aromatic heterocycles. The van der Waals surface area contributed by atoms with Gasteiger partial charge in [0.2, 0.25) is 0 Å². The van der Waals surface area contributed by atoms with Gasteiger partial charge in [0.1, 0.15) is 54.9 Å². The SMILES string of the molecule is Bc1c(B)c(B)c2c(-c3ccc4cc(-c5cccc(-c6nc(-c7ccccc7)nc(-c7ccc8ccccc8c7)n6)c5)ccc4c3)c(B)c(B)c(B)c2c1B. The highest BCUT2D eigenvalue weighted by Crippen LogP contribution is 2.32. The average molecular weight is 694 g/mol. The molecule has 9 aromatic rings. The minimum Gasteiger partial charge on any atom is -0.208 e. The van der Waals surface area contributed by atoms with Gasteiger partial charge in [-0.3, -0.25) is 0 Å². The van der Waals surface area contributed by atoms with Gasteiger partial charge in [-0.25, -0.2) is 15.0 Å². The highest BCUT2D eigenvalue weighted by Gasteiger charge is 2.19. The Labute approximate surface area is 328 Å². The Morgan fingerprint density at radius 3 is 1.38 bits per heavy atom. The molecule has 0 amide bonds.